The number of rotatable bonds is 3. The minimum Gasteiger partial charge on any atom is -0.377 e. The molecule has 1 aromatic rings. The van der Waals surface area contributed by atoms with Crippen molar-refractivity contribution in [2.45, 2.75) is 25.9 Å². The van der Waals surface area contributed by atoms with Gasteiger partial charge in [0.05, 0.1) is 11.6 Å². The summed E-state index contributed by atoms with van der Waals surface area (Å²) in [4.78, 5) is 17.9. The van der Waals surface area contributed by atoms with Gasteiger partial charge in [-0.05, 0) is 19.8 Å². The molecule has 88 valence electrons. The van der Waals surface area contributed by atoms with Gasteiger partial charge in [-0.1, -0.05) is 0 Å². The molecule has 1 fully saturated rings. The lowest BCUT2D eigenvalue weighted by atomic mass is 10.1. The summed E-state index contributed by atoms with van der Waals surface area (Å²) in [5, 5.41) is 1.80. The molecule has 0 aromatic carbocycles. The first-order chi connectivity index (χ1) is 7.81. The van der Waals surface area contributed by atoms with Crippen LogP contribution in [0.15, 0.2) is 10.9 Å². The maximum atomic E-state index is 12.0. The van der Waals surface area contributed by atoms with Gasteiger partial charge in [-0.15, -0.1) is 11.3 Å². The predicted molar refractivity (Wildman–Crippen MR) is 62.7 cm³/mol. The second-order valence-electron chi connectivity index (χ2n) is 3.84. The first-order valence-electron chi connectivity index (χ1n) is 5.60. The average Bonchev–Trinajstić information content (AvgIpc) is 2.82. The monoisotopic (exact) mass is 240 g/mol. The molecule has 5 heteroatoms. The molecule has 0 N–H and O–H groups in total. The number of aromatic nitrogens is 1. The van der Waals surface area contributed by atoms with E-state index in [9.17, 15) is 4.79 Å². The van der Waals surface area contributed by atoms with E-state index in [1.807, 2.05) is 11.8 Å². The van der Waals surface area contributed by atoms with E-state index < -0.39 is 0 Å². The summed E-state index contributed by atoms with van der Waals surface area (Å²) >= 11 is 1.45. The fourth-order valence-electron chi connectivity index (χ4n) is 1.97. The number of hydrogen-bond acceptors (Lipinski definition) is 4. The van der Waals surface area contributed by atoms with E-state index in [1.54, 1.807) is 10.9 Å². The zero-order valence-electron chi connectivity index (χ0n) is 9.39. The molecule has 1 aliphatic heterocycles. The first kappa shape index (κ1) is 11.5. The zero-order chi connectivity index (χ0) is 11.4. The van der Waals surface area contributed by atoms with Crippen LogP contribution in [0.25, 0.3) is 0 Å². The van der Waals surface area contributed by atoms with E-state index in [0.717, 1.165) is 19.4 Å². The average molecular weight is 240 g/mol. The maximum absolute atomic E-state index is 12.0. The Kier molecular flexibility index (Phi) is 3.90. The van der Waals surface area contributed by atoms with Crippen LogP contribution in [0.1, 0.15) is 30.3 Å². The maximum Gasteiger partial charge on any atom is 0.273 e. The topological polar surface area (TPSA) is 42.4 Å². The molecular formula is C11H16N2O2S. The van der Waals surface area contributed by atoms with Gasteiger partial charge in [-0.3, -0.25) is 4.79 Å². The first-order valence-corrected chi connectivity index (χ1v) is 6.54. The van der Waals surface area contributed by atoms with Crippen molar-refractivity contribution in [3.8, 4) is 0 Å². The molecule has 16 heavy (non-hydrogen) atoms. The summed E-state index contributed by atoms with van der Waals surface area (Å²) in [6.07, 6.45) is 2.26. The molecule has 1 saturated heterocycles. The number of ether oxygens (including phenoxy) is 1. The SMILES string of the molecule is CCOC1CCCN(C(=O)c2cscn2)C1. The molecule has 1 unspecified atom stereocenters. The highest BCUT2D eigenvalue weighted by atomic mass is 32.1. The van der Waals surface area contributed by atoms with Crippen LogP contribution >= 0.6 is 11.3 Å². The molecule has 0 aliphatic carbocycles. The third-order valence-corrected chi connectivity index (χ3v) is 3.31. The van der Waals surface area contributed by atoms with Crippen LogP contribution in [-0.4, -0.2) is 41.6 Å². The predicted octanol–water partition coefficient (Wildman–Crippen LogP) is 1.78. The van der Waals surface area contributed by atoms with E-state index in [-0.39, 0.29) is 12.0 Å². The number of thiazole rings is 1. The number of carbonyl (C=O) groups is 1. The van der Waals surface area contributed by atoms with E-state index in [4.69, 9.17) is 4.74 Å². The van der Waals surface area contributed by atoms with Gasteiger partial charge in [0, 0.05) is 25.1 Å². The molecule has 1 aromatic heterocycles. The van der Waals surface area contributed by atoms with Crippen LogP contribution in [0.4, 0.5) is 0 Å². The van der Waals surface area contributed by atoms with Crippen LogP contribution < -0.4 is 0 Å². The van der Waals surface area contributed by atoms with Crippen LogP contribution in [0.3, 0.4) is 0 Å². The number of likely N-dealkylation sites (tertiary alicyclic amines) is 1. The summed E-state index contributed by atoms with van der Waals surface area (Å²) in [5.74, 6) is 0.0330. The standard InChI is InChI=1S/C11H16N2O2S/c1-2-15-9-4-3-5-13(6-9)11(14)10-7-16-8-12-10/h7-9H,2-6H2,1H3. The number of nitrogens with zero attached hydrogens (tertiary/aromatic N) is 2. The Labute approximate surface area is 99.2 Å². The van der Waals surface area contributed by atoms with Crippen LogP contribution in [0.2, 0.25) is 0 Å². The van der Waals surface area contributed by atoms with Crippen molar-refractivity contribution >= 4 is 17.2 Å². The number of hydrogen-bond donors (Lipinski definition) is 0. The van der Waals surface area contributed by atoms with E-state index in [2.05, 4.69) is 4.98 Å². The smallest absolute Gasteiger partial charge is 0.273 e. The van der Waals surface area contributed by atoms with Crippen molar-refractivity contribution in [1.82, 2.24) is 9.88 Å². The second kappa shape index (κ2) is 5.41. The quantitative estimate of drug-likeness (QED) is 0.809. The molecule has 2 rings (SSSR count). The molecule has 1 amide bonds. The molecular weight excluding hydrogens is 224 g/mol. The van der Waals surface area contributed by atoms with Gasteiger partial charge < -0.3 is 9.64 Å². The summed E-state index contributed by atoms with van der Waals surface area (Å²) in [5.41, 5.74) is 2.25. The van der Waals surface area contributed by atoms with E-state index >= 15 is 0 Å². The summed E-state index contributed by atoms with van der Waals surface area (Å²) in [6.45, 7) is 4.22. The third kappa shape index (κ3) is 2.59. The van der Waals surface area contributed by atoms with Gasteiger partial charge in [0.2, 0.25) is 0 Å². The Morgan fingerprint density at radius 3 is 3.31 bits per heavy atom. The minimum atomic E-state index is 0.0330. The number of amides is 1. The fourth-order valence-corrected chi connectivity index (χ4v) is 2.50. The highest BCUT2D eigenvalue weighted by Crippen LogP contribution is 2.16. The Bertz CT molecular complexity index is 338. The molecule has 0 bridgehead atoms. The van der Waals surface area contributed by atoms with Crippen LogP contribution in [0, 0.1) is 0 Å². The molecule has 1 aliphatic rings. The number of piperidine rings is 1. The molecule has 1 atom stereocenters. The van der Waals surface area contributed by atoms with Gasteiger partial charge >= 0.3 is 0 Å². The van der Waals surface area contributed by atoms with Crippen LogP contribution in [0.5, 0.6) is 0 Å². The Morgan fingerprint density at radius 1 is 1.75 bits per heavy atom. The van der Waals surface area contributed by atoms with Gasteiger partial charge in [-0.25, -0.2) is 4.98 Å². The van der Waals surface area contributed by atoms with Crippen molar-refractivity contribution in [3.63, 3.8) is 0 Å². The number of carbonyl (C=O) groups excluding carboxylic acids is 1. The van der Waals surface area contributed by atoms with Gasteiger partial charge in [0.15, 0.2) is 0 Å². The van der Waals surface area contributed by atoms with Crippen molar-refractivity contribution in [2.24, 2.45) is 0 Å². The van der Waals surface area contributed by atoms with Crippen molar-refractivity contribution in [2.75, 3.05) is 19.7 Å². The summed E-state index contributed by atoms with van der Waals surface area (Å²) < 4.78 is 5.57. The Balaban J connectivity index is 1.96. The molecule has 4 nitrogen and oxygen atoms in total. The molecule has 0 spiro atoms. The second-order valence-corrected chi connectivity index (χ2v) is 4.56. The lowest BCUT2D eigenvalue weighted by Gasteiger charge is -2.32. The fraction of sp³-hybridized carbons (Fsp3) is 0.636. The summed E-state index contributed by atoms with van der Waals surface area (Å²) in [7, 11) is 0. The van der Waals surface area contributed by atoms with Gasteiger partial charge in [0.1, 0.15) is 5.69 Å². The van der Waals surface area contributed by atoms with E-state index in [0.29, 0.717) is 18.8 Å². The molecule has 0 saturated carbocycles. The molecule has 2 heterocycles. The van der Waals surface area contributed by atoms with Crippen molar-refractivity contribution < 1.29 is 9.53 Å². The van der Waals surface area contributed by atoms with Crippen LogP contribution in [-0.2, 0) is 4.74 Å². The Hall–Kier alpha value is -0.940. The molecule has 0 radical (unpaired) electrons. The lowest BCUT2D eigenvalue weighted by molar-refractivity contribution is 0.00706. The minimum absolute atomic E-state index is 0.0330. The van der Waals surface area contributed by atoms with Gasteiger partial charge in [-0.2, -0.15) is 0 Å². The lowest BCUT2D eigenvalue weighted by Crippen LogP contribution is -2.43. The largest absolute Gasteiger partial charge is 0.377 e. The van der Waals surface area contributed by atoms with E-state index in [1.165, 1.54) is 11.3 Å². The Morgan fingerprint density at radius 2 is 2.62 bits per heavy atom. The highest BCUT2D eigenvalue weighted by Gasteiger charge is 2.25. The zero-order valence-corrected chi connectivity index (χ0v) is 10.2. The van der Waals surface area contributed by atoms with Crippen molar-refractivity contribution in [3.05, 3.63) is 16.6 Å². The van der Waals surface area contributed by atoms with Crippen molar-refractivity contribution in [1.29, 1.82) is 0 Å². The third-order valence-electron chi connectivity index (χ3n) is 2.72. The normalized spacial score (nSPS) is 21.1. The summed E-state index contributed by atoms with van der Waals surface area (Å²) in [6, 6.07) is 0. The highest BCUT2D eigenvalue weighted by molar-refractivity contribution is 7.07. The van der Waals surface area contributed by atoms with Gasteiger partial charge in [0.25, 0.3) is 5.91 Å².